The lowest BCUT2D eigenvalue weighted by molar-refractivity contribution is -0.114. The molecule has 1 saturated carbocycles. The summed E-state index contributed by atoms with van der Waals surface area (Å²) >= 11 is 0. The van der Waals surface area contributed by atoms with Crippen LogP contribution in [0.5, 0.6) is 11.5 Å². The normalized spacial score (nSPS) is 13.4. The molecule has 1 fully saturated rings. The molecule has 7 heteroatoms. The summed E-state index contributed by atoms with van der Waals surface area (Å²) < 4.78 is 11.3. The Hall–Kier alpha value is -4.00. The van der Waals surface area contributed by atoms with E-state index in [4.69, 9.17) is 9.47 Å². The van der Waals surface area contributed by atoms with Crippen LogP contribution in [0.1, 0.15) is 42.5 Å². The maximum Gasteiger partial charge on any atom is 0.251 e. The zero-order valence-corrected chi connectivity index (χ0v) is 20.4. The molecule has 3 aromatic carbocycles. The Labute approximate surface area is 212 Å². The second kappa shape index (κ2) is 13.2. The average Bonchev–Trinajstić information content (AvgIpc) is 2.92. The first kappa shape index (κ1) is 25.1. The fraction of sp³-hybridized carbons (Fsp3) is 0.310. The quantitative estimate of drug-likeness (QED) is 0.321. The lowest BCUT2D eigenvalue weighted by atomic mass is 9.95. The van der Waals surface area contributed by atoms with E-state index in [1.807, 2.05) is 54.6 Å². The van der Waals surface area contributed by atoms with Crippen molar-refractivity contribution in [3.63, 3.8) is 0 Å². The van der Waals surface area contributed by atoms with Gasteiger partial charge in [-0.05, 0) is 73.5 Å². The van der Waals surface area contributed by atoms with Crippen LogP contribution in [-0.4, -0.2) is 37.6 Å². The molecule has 0 aliphatic heterocycles. The molecular weight excluding hydrogens is 454 g/mol. The first-order chi connectivity index (χ1) is 17.7. The Morgan fingerprint density at radius 1 is 0.722 bits per heavy atom. The molecule has 3 aromatic rings. The SMILES string of the molecule is O=C(CNc1ccc(C(=O)NC2CCCCC2)cc1)Nc1ccc(OCCOc2ccccc2)cc1. The number of ether oxygens (including phenoxy) is 2. The van der Waals surface area contributed by atoms with Crippen molar-refractivity contribution >= 4 is 23.2 Å². The number of nitrogens with one attached hydrogen (secondary N) is 3. The number of hydrogen-bond donors (Lipinski definition) is 3. The number of rotatable bonds is 11. The number of para-hydroxylation sites is 1. The first-order valence-corrected chi connectivity index (χ1v) is 12.5. The predicted molar refractivity (Wildman–Crippen MR) is 142 cm³/mol. The van der Waals surface area contributed by atoms with E-state index in [0.717, 1.165) is 24.3 Å². The van der Waals surface area contributed by atoms with Gasteiger partial charge in [0.2, 0.25) is 5.91 Å². The maximum absolute atomic E-state index is 12.4. The molecular formula is C29H33N3O4. The Morgan fingerprint density at radius 3 is 2.00 bits per heavy atom. The van der Waals surface area contributed by atoms with Gasteiger partial charge in [0.15, 0.2) is 0 Å². The van der Waals surface area contributed by atoms with Crippen molar-refractivity contribution in [3.8, 4) is 11.5 Å². The average molecular weight is 488 g/mol. The Bertz CT molecular complexity index is 1100. The van der Waals surface area contributed by atoms with Crippen molar-refractivity contribution in [1.82, 2.24) is 5.32 Å². The van der Waals surface area contributed by atoms with Crippen LogP contribution in [0.25, 0.3) is 0 Å². The van der Waals surface area contributed by atoms with Gasteiger partial charge in [-0.3, -0.25) is 9.59 Å². The van der Waals surface area contributed by atoms with Gasteiger partial charge in [-0.2, -0.15) is 0 Å². The molecule has 0 saturated heterocycles. The van der Waals surface area contributed by atoms with E-state index in [-0.39, 0.29) is 24.4 Å². The maximum atomic E-state index is 12.4. The smallest absolute Gasteiger partial charge is 0.251 e. The van der Waals surface area contributed by atoms with Crippen molar-refractivity contribution in [2.75, 3.05) is 30.4 Å². The molecule has 0 atom stereocenters. The van der Waals surface area contributed by atoms with Crippen LogP contribution in [0, 0.1) is 0 Å². The van der Waals surface area contributed by atoms with Gasteiger partial charge in [0, 0.05) is 23.0 Å². The zero-order chi connectivity index (χ0) is 25.0. The van der Waals surface area contributed by atoms with Gasteiger partial charge in [-0.25, -0.2) is 0 Å². The highest BCUT2D eigenvalue weighted by Crippen LogP contribution is 2.19. The molecule has 36 heavy (non-hydrogen) atoms. The molecule has 0 aromatic heterocycles. The summed E-state index contributed by atoms with van der Waals surface area (Å²) in [6.45, 7) is 0.981. The number of hydrogen-bond acceptors (Lipinski definition) is 5. The fourth-order valence-corrected chi connectivity index (χ4v) is 4.11. The number of carbonyl (C=O) groups is 2. The minimum absolute atomic E-state index is 0.0395. The first-order valence-electron chi connectivity index (χ1n) is 12.5. The van der Waals surface area contributed by atoms with Crippen LogP contribution in [-0.2, 0) is 4.79 Å². The second-order valence-electron chi connectivity index (χ2n) is 8.82. The number of benzene rings is 3. The minimum atomic E-state index is -0.168. The summed E-state index contributed by atoms with van der Waals surface area (Å²) in [6, 6.07) is 24.3. The summed E-state index contributed by atoms with van der Waals surface area (Å²) in [6.07, 6.45) is 5.72. The van der Waals surface area contributed by atoms with E-state index in [2.05, 4.69) is 16.0 Å². The summed E-state index contributed by atoms with van der Waals surface area (Å²) in [5.41, 5.74) is 2.09. The zero-order valence-electron chi connectivity index (χ0n) is 20.4. The molecule has 3 N–H and O–H groups in total. The van der Waals surface area contributed by atoms with Gasteiger partial charge in [0.1, 0.15) is 24.7 Å². The monoisotopic (exact) mass is 487 g/mol. The van der Waals surface area contributed by atoms with Crippen molar-refractivity contribution in [2.24, 2.45) is 0 Å². The van der Waals surface area contributed by atoms with Gasteiger partial charge in [-0.1, -0.05) is 37.5 Å². The molecule has 7 nitrogen and oxygen atoms in total. The predicted octanol–water partition coefficient (Wildman–Crippen LogP) is 5.26. The van der Waals surface area contributed by atoms with E-state index in [0.29, 0.717) is 30.2 Å². The fourth-order valence-electron chi connectivity index (χ4n) is 4.11. The van der Waals surface area contributed by atoms with Gasteiger partial charge < -0.3 is 25.4 Å². The molecule has 1 aliphatic carbocycles. The summed E-state index contributed by atoms with van der Waals surface area (Å²) in [4.78, 5) is 24.8. The van der Waals surface area contributed by atoms with E-state index < -0.39 is 0 Å². The van der Waals surface area contributed by atoms with Gasteiger partial charge in [0.25, 0.3) is 5.91 Å². The van der Waals surface area contributed by atoms with Crippen LogP contribution in [0.15, 0.2) is 78.9 Å². The lowest BCUT2D eigenvalue weighted by Crippen LogP contribution is -2.36. The van der Waals surface area contributed by atoms with E-state index in [1.54, 1.807) is 24.3 Å². The van der Waals surface area contributed by atoms with Crippen molar-refractivity contribution < 1.29 is 19.1 Å². The number of anilines is 2. The highest BCUT2D eigenvalue weighted by molar-refractivity contribution is 5.95. The third kappa shape index (κ3) is 8.05. The molecule has 0 bridgehead atoms. The van der Waals surface area contributed by atoms with Crippen molar-refractivity contribution in [1.29, 1.82) is 0 Å². The standard InChI is InChI=1S/C29H33N3O4/c33-28(21-30-23-13-11-22(12-14-23)29(34)32-24-7-3-1-4-8-24)31-25-15-17-27(18-16-25)36-20-19-35-26-9-5-2-6-10-26/h2,5-6,9-18,24,30H,1,3-4,7-8,19-21H2,(H,31,33)(H,32,34). The third-order valence-corrected chi connectivity index (χ3v) is 6.04. The molecule has 0 heterocycles. The largest absolute Gasteiger partial charge is 0.490 e. The van der Waals surface area contributed by atoms with Crippen LogP contribution in [0.3, 0.4) is 0 Å². The molecule has 0 radical (unpaired) electrons. The van der Waals surface area contributed by atoms with Gasteiger partial charge >= 0.3 is 0 Å². The summed E-state index contributed by atoms with van der Waals surface area (Å²) in [5, 5.41) is 9.06. The van der Waals surface area contributed by atoms with Crippen LogP contribution < -0.4 is 25.4 Å². The van der Waals surface area contributed by atoms with Crippen LogP contribution in [0.2, 0.25) is 0 Å². The van der Waals surface area contributed by atoms with E-state index in [1.165, 1.54) is 19.3 Å². The Morgan fingerprint density at radius 2 is 1.33 bits per heavy atom. The van der Waals surface area contributed by atoms with Crippen molar-refractivity contribution in [3.05, 3.63) is 84.4 Å². The molecule has 188 valence electrons. The lowest BCUT2D eigenvalue weighted by Gasteiger charge is -2.22. The Balaban J connectivity index is 1.14. The molecule has 0 spiro atoms. The second-order valence-corrected chi connectivity index (χ2v) is 8.82. The van der Waals surface area contributed by atoms with E-state index in [9.17, 15) is 9.59 Å². The topological polar surface area (TPSA) is 88.7 Å². The number of carbonyl (C=O) groups excluding carboxylic acids is 2. The summed E-state index contributed by atoms with van der Waals surface area (Å²) in [5.74, 6) is 1.31. The van der Waals surface area contributed by atoms with Crippen molar-refractivity contribution in [2.45, 2.75) is 38.1 Å². The molecule has 1 aliphatic rings. The minimum Gasteiger partial charge on any atom is -0.490 e. The van der Waals surface area contributed by atoms with Crippen LogP contribution in [0.4, 0.5) is 11.4 Å². The molecule has 4 rings (SSSR count). The third-order valence-electron chi connectivity index (χ3n) is 6.04. The number of amides is 2. The molecule has 0 unspecified atom stereocenters. The summed E-state index contributed by atoms with van der Waals surface area (Å²) in [7, 11) is 0. The van der Waals surface area contributed by atoms with Crippen LogP contribution >= 0.6 is 0 Å². The van der Waals surface area contributed by atoms with Gasteiger partial charge in [0.05, 0.1) is 6.54 Å². The Kier molecular flexibility index (Phi) is 9.19. The molecule has 2 amide bonds. The highest BCUT2D eigenvalue weighted by atomic mass is 16.5. The van der Waals surface area contributed by atoms with E-state index >= 15 is 0 Å². The van der Waals surface area contributed by atoms with Gasteiger partial charge in [-0.15, -0.1) is 0 Å². The highest BCUT2D eigenvalue weighted by Gasteiger charge is 2.16.